The molecule has 0 spiro atoms. The summed E-state index contributed by atoms with van der Waals surface area (Å²) in [6.45, 7) is -0.118. The predicted octanol–water partition coefficient (Wildman–Crippen LogP) is 3.91. The molecule has 0 saturated heterocycles. The summed E-state index contributed by atoms with van der Waals surface area (Å²) >= 11 is 1.53. The van der Waals surface area contributed by atoms with E-state index in [0.717, 1.165) is 32.2 Å². The SMILES string of the molecule is OCc1nc(-c2ccccc2)sc1-c1cnc2ccccc2n1. The van der Waals surface area contributed by atoms with Crippen LogP contribution < -0.4 is 0 Å². The van der Waals surface area contributed by atoms with Gasteiger partial charge in [-0.15, -0.1) is 11.3 Å². The van der Waals surface area contributed by atoms with Gasteiger partial charge in [-0.05, 0) is 12.1 Å². The summed E-state index contributed by atoms with van der Waals surface area (Å²) in [5, 5.41) is 10.5. The van der Waals surface area contributed by atoms with Crippen LogP contribution >= 0.6 is 11.3 Å². The zero-order valence-electron chi connectivity index (χ0n) is 12.2. The zero-order valence-corrected chi connectivity index (χ0v) is 13.0. The summed E-state index contributed by atoms with van der Waals surface area (Å²) in [4.78, 5) is 14.5. The van der Waals surface area contributed by atoms with Crippen molar-refractivity contribution in [3.05, 3.63) is 66.5 Å². The number of rotatable bonds is 3. The van der Waals surface area contributed by atoms with Crippen LogP contribution in [0, 0.1) is 0 Å². The second kappa shape index (κ2) is 5.87. The van der Waals surface area contributed by atoms with Gasteiger partial charge in [-0.3, -0.25) is 4.98 Å². The average molecular weight is 319 g/mol. The number of aromatic nitrogens is 3. The van der Waals surface area contributed by atoms with Gasteiger partial charge in [-0.25, -0.2) is 9.97 Å². The largest absolute Gasteiger partial charge is 0.390 e. The van der Waals surface area contributed by atoms with E-state index in [-0.39, 0.29) is 6.61 Å². The van der Waals surface area contributed by atoms with Crippen molar-refractivity contribution in [2.45, 2.75) is 6.61 Å². The van der Waals surface area contributed by atoms with E-state index in [2.05, 4.69) is 15.0 Å². The molecule has 0 aliphatic heterocycles. The van der Waals surface area contributed by atoms with Crippen LogP contribution in [0.2, 0.25) is 0 Å². The van der Waals surface area contributed by atoms with Crippen LogP contribution in [0.4, 0.5) is 0 Å². The van der Waals surface area contributed by atoms with E-state index in [1.807, 2.05) is 54.6 Å². The summed E-state index contributed by atoms with van der Waals surface area (Å²) in [6.07, 6.45) is 1.74. The zero-order chi connectivity index (χ0) is 15.6. The molecule has 0 unspecified atom stereocenters. The normalized spacial score (nSPS) is 11.0. The first-order chi connectivity index (χ1) is 11.3. The molecule has 2 aromatic carbocycles. The predicted molar refractivity (Wildman–Crippen MR) is 92.0 cm³/mol. The van der Waals surface area contributed by atoms with Gasteiger partial charge in [0.1, 0.15) is 10.7 Å². The van der Waals surface area contributed by atoms with Gasteiger partial charge in [0.15, 0.2) is 0 Å². The second-order valence-corrected chi connectivity index (χ2v) is 6.06. The molecular formula is C18H13N3OS. The fourth-order valence-corrected chi connectivity index (χ4v) is 3.46. The van der Waals surface area contributed by atoms with E-state index in [1.165, 1.54) is 11.3 Å². The Labute approximate surface area is 137 Å². The smallest absolute Gasteiger partial charge is 0.124 e. The molecule has 0 aliphatic rings. The first-order valence-corrected chi connectivity index (χ1v) is 8.05. The molecular weight excluding hydrogens is 306 g/mol. The Morgan fingerprint density at radius 2 is 1.61 bits per heavy atom. The van der Waals surface area contributed by atoms with E-state index in [0.29, 0.717) is 5.69 Å². The topological polar surface area (TPSA) is 58.9 Å². The van der Waals surface area contributed by atoms with Gasteiger partial charge in [0, 0.05) is 5.56 Å². The number of hydrogen-bond donors (Lipinski definition) is 1. The van der Waals surface area contributed by atoms with Crippen molar-refractivity contribution in [2.24, 2.45) is 0 Å². The maximum absolute atomic E-state index is 9.65. The summed E-state index contributed by atoms with van der Waals surface area (Å²) in [6, 6.07) is 17.7. The summed E-state index contributed by atoms with van der Waals surface area (Å²) in [5.41, 5.74) is 4.11. The monoisotopic (exact) mass is 319 g/mol. The standard InChI is InChI=1S/C18H13N3OS/c22-11-16-17(23-18(21-16)12-6-2-1-3-7-12)15-10-19-13-8-4-5-9-14(13)20-15/h1-10,22H,11H2. The Hall–Kier alpha value is -2.63. The van der Waals surface area contributed by atoms with Crippen LogP contribution in [-0.2, 0) is 6.61 Å². The molecule has 112 valence electrons. The number of nitrogens with zero attached hydrogens (tertiary/aromatic N) is 3. The van der Waals surface area contributed by atoms with Crippen molar-refractivity contribution in [3.8, 4) is 21.1 Å². The lowest BCUT2D eigenvalue weighted by Gasteiger charge is -2.01. The molecule has 4 nitrogen and oxygen atoms in total. The van der Waals surface area contributed by atoms with Crippen molar-refractivity contribution in [1.29, 1.82) is 0 Å². The Morgan fingerprint density at radius 3 is 2.39 bits per heavy atom. The number of fused-ring (bicyclic) bond motifs is 1. The van der Waals surface area contributed by atoms with Gasteiger partial charge in [-0.1, -0.05) is 42.5 Å². The third kappa shape index (κ3) is 2.60. The van der Waals surface area contributed by atoms with Crippen LogP contribution in [0.1, 0.15) is 5.69 Å². The molecule has 23 heavy (non-hydrogen) atoms. The first kappa shape index (κ1) is 14.0. The van der Waals surface area contributed by atoms with Crippen LogP contribution in [-0.4, -0.2) is 20.1 Å². The second-order valence-electron chi connectivity index (χ2n) is 5.06. The van der Waals surface area contributed by atoms with E-state index < -0.39 is 0 Å². The van der Waals surface area contributed by atoms with Crippen LogP contribution in [0.5, 0.6) is 0 Å². The number of aliphatic hydroxyl groups excluding tert-OH is 1. The van der Waals surface area contributed by atoms with Crippen LogP contribution in [0.15, 0.2) is 60.8 Å². The highest BCUT2D eigenvalue weighted by Gasteiger charge is 2.15. The minimum Gasteiger partial charge on any atom is -0.390 e. The minimum absolute atomic E-state index is 0.118. The van der Waals surface area contributed by atoms with Crippen LogP contribution in [0.25, 0.3) is 32.2 Å². The lowest BCUT2D eigenvalue weighted by molar-refractivity contribution is 0.278. The highest BCUT2D eigenvalue weighted by Crippen LogP contribution is 2.34. The van der Waals surface area contributed by atoms with Crippen molar-refractivity contribution in [2.75, 3.05) is 0 Å². The van der Waals surface area contributed by atoms with E-state index in [9.17, 15) is 5.11 Å². The molecule has 4 aromatic rings. The molecule has 2 aromatic heterocycles. The van der Waals surface area contributed by atoms with Gasteiger partial charge in [0.05, 0.1) is 34.4 Å². The van der Waals surface area contributed by atoms with Gasteiger partial charge < -0.3 is 5.11 Å². The Bertz CT molecular complexity index is 966. The maximum atomic E-state index is 9.65. The third-order valence-corrected chi connectivity index (χ3v) is 4.72. The molecule has 0 saturated carbocycles. The average Bonchev–Trinajstić information content (AvgIpc) is 3.06. The highest BCUT2D eigenvalue weighted by atomic mass is 32.1. The minimum atomic E-state index is -0.118. The Balaban J connectivity index is 1.85. The molecule has 2 heterocycles. The number of aliphatic hydroxyl groups is 1. The van der Waals surface area contributed by atoms with Gasteiger partial charge in [-0.2, -0.15) is 0 Å². The van der Waals surface area contributed by atoms with Gasteiger partial charge >= 0.3 is 0 Å². The van der Waals surface area contributed by atoms with Gasteiger partial charge in [0.2, 0.25) is 0 Å². The molecule has 0 aliphatic carbocycles. The Morgan fingerprint density at radius 1 is 0.870 bits per heavy atom. The van der Waals surface area contributed by atoms with Crippen molar-refractivity contribution < 1.29 is 5.11 Å². The summed E-state index contributed by atoms with van der Waals surface area (Å²) in [5.74, 6) is 0. The van der Waals surface area contributed by atoms with Crippen molar-refractivity contribution in [3.63, 3.8) is 0 Å². The molecule has 0 atom stereocenters. The number of benzene rings is 2. The maximum Gasteiger partial charge on any atom is 0.124 e. The Kier molecular flexibility index (Phi) is 3.57. The van der Waals surface area contributed by atoms with E-state index >= 15 is 0 Å². The number of para-hydroxylation sites is 2. The molecule has 5 heteroatoms. The fourth-order valence-electron chi connectivity index (χ4n) is 2.43. The third-order valence-electron chi connectivity index (χ3n) is 3.55. The molecule has 0 fully saturated rings. The highest BCUT2D eigenvalue weighted by molar-refractivity contribution is 7.18. The lowest BCUT2D eigenvalue weighted by Crippen LogP contribution is -1.91. The van der Waals surface area contributed by atoms with Crippen LogP contribution in [0.3, 0.4) is 0 Å². The summed E-state index contributed by atoms with van der Waals surface area (Å²) < 4.78 is 0. The molecule has 4 rings (SSSR count). The van der Waals surface area contributed by atoms with Gasteiger partial charge in [0.25, 0.3) is 0 Å². The number of thiazole rings is 1. The first-order valence-electron chi connectivity index (χ1n) is 7.23. The molecule has 0 amide bonds. The van der Waals surface area contributed by atoms with Crippen molar-refractivity contribution in [1.82, 2.24) is 15.0 Å². The molecule has 1 N–H and O–H groups in total. The van der Waals surface area contributed by atoms with Crippen molar-refractivity contribution >= 4 is 22.4 Å². The molecule has 0 radical (unpaired) electrons. The van der Waals surface area contributed by atoms with E-state index in [4.69, 9.17) is 0 Å². The van der Waals surface area contributed by atoms with E-state index in [1.54, 1.807) is 6.20 Å². The fraction of sp³-hybridized carbons (Fsp3) is 0.0556. The summed E-state index contributed by atoms with van der Waals surface area (Å²) in [7, 11) is 0. The lowest BCUT2D eigenvalue weighted by atomic mass is 10.2. The molecule has 0 bridgehead atoms. The number of hydrogen-bond acceptors (Lipinski definition) is 5. The quantitative estimate of drug-likeness (QED) is 0.622.